The van der Waals surface area contributed by atoms with Gasteiger partial charge in [-0.1, -0.05) is 6.92 Å². The third-order valence-electron chi connectivity index (χ3n) is 4.26. The van der Waals surface area contributed by atoms with Gasteiger partial charge >= 0.3 is 0 Å². The Labute approximate surface area is 153 Å². The highest BCUT2D eigenvalue weighted by Gasteiger charge is 2.14. The average molecular weight is 371 g/mol. The molecule has 0 bridgehead atoms. The minimum absolute atomic E-state index is 0.0473. The van der Waals surface area contributed by atoms with Crippen LogP contribution in [-0.2, 0) is 9.84 Å². The third kappa shape index (κ3) is 3.94. The van der Waals surface area contributed by atoms with Gasteiger partial charge in [-0.3, -0.25) is 9.80 Å². The molecular formula is C19H21N3O3S. The molecule has 0 saturated carbocycles. The lowest BCUT2D eigenvalue weighted by Gasteiger charge is -2.14. The number of hydrazone groups is 1. The van der Waals surface area contributed by atoms with Crippen LogP contribution in [-0.4, -0.2) is 32.3 Å². The predicted molar refractivity (Wildman–Crippen MR) is 104 cm³/mol. The van der Waals surface area contributed by atoms with Gasteiger partial charge in [0.15, 0.2) is 9.84 Å². The van der Waals surface area contributed by atoms with Crippen LogP contribution in [0.2, 0.25) is 0 Å². The molecule has 0 aromatic heterocycles. The monoisotopic (exact) mass is 371 g/mol. The molecule has 1 heterocycles. The number of nitrogens with one attached hydrogen (secondary N) is 1. The number of carbonyl (C=O) groups excluding carboxylic acids is 1. The second-order valence-electron chi connectivity index (χ2n) is 6.14. The molecule has 136 valence electrons. The molecule has 0 atom stereocenters. The Morgan fingerprint density at radius 1 is 1.12 bits per heavy atom. The Balaban J connectivity index is 1.68. The van der Waals surface area contributed by atoms with Crippen molar-refractivity contribution in [3.8, 4) is 0 Å². The quantitative estimate of drug-likeness (QED) is 0.874. The fourth-order valence-electron chi connectivity index (χ4n) is 2.66. The van der Waals surface area contributed by atoms with Crippen LogP contribution in [0.4, 0.5) is 11.4 Å². The topological polar surface area (TPSA) is 78.8 Å². The fourth-order valence-corrected chi connectivity index (χ4v) is 3.55. The Morgan fingerprint density at radius 3 is 2.31 bits per heavy atom. The van der Waals surface area contributed by atoms with E-state index in [1.807, 2.05) is 24.1 Å². The summed E-state index contributed by atoms with van der Waals surface area (Å²) in [4.78, 5) is 12.6. The first kappa shape index (κ1) is 18.1. The second kappa shape index (κ2) is 7.29. The summed E-state index contributed by atoms with van der Waals surface area (Å²) in [5, 5.41) is 9.13. The van der Waals surface area contributed by atoms with E-state index in [0.717, 1.165) is 24.4 Å². The van der Waals surface area contributed by atoms with Crippen molar-refractivity contribution in [1.29, 1.82) is 0 Å². The van der Waals surface area contributed by atoms with Crippen LogP contribution in [0.15, 0.2) is 58.5 Å². The van der Waals surface area contributed by atoms with Gasteiger partial charge < -0.3 is 5.32 Å². The minimum Gasteiger partial charge on any atom is -0.322 e. The zero-order valence-corrected chi connectivity index (χ0v) is 15.6. The summed E-state index contributed by atoms with van der Waals surface area (Å²) in [6.07, 6.45) is 0.950. The summed E-state index contributed by atoms with van der Waals surface area (Å²) < 4.78 is 23.6. The summed E-state index contributed by atoms with van der Waals surface area (Å²) in [7, 11) is -3.24. The van der Waals surface area contributed by atoms with Gasteiger partial charge in [-0.05, 0) is 55.5 Å². The van der Waals surface area contributed by atoms with Crippen molar-refractivity contribution in [2.75, 3.05) is 22.6 Å². The Bertz CT molecular complexity index is 933. The van der Waals surface area contributed by atoms with Crippen LogP contribution < -0.4 is 10.3 Å². The molecule has 2 aromatic rings. The smallest absolute Gasteiger partial charge is 0.255 e. The molecule has 1 N–H and O–H groups in total. The molecule has 1 amide bonds. The van der Waals surface area contributed by atoms with E-state index >= 15 is 0 Å². The van der Waals surface area contributed by atoms with Gasteiger partial charge in [0.1, 0.15) is 0 Å². The Kier molecular flexibility index (Phi) is 5.08. The summed E-state index contributed by atoms with van der Waals surface area (Å²) >= 11 is 0. The molecule has 0 spiro atoms. The molecule has 0 aliphatic carbocycles. The SMILES string of the molecule is CCS(=O)(=O)c1ccc(NC(=O)c2ccc(N3CCC(C)=N3)cc2)cc1. The van der Waals surface area contributed by atoms with E-state index in [4.69, 9.17) is 0 Å². The van der Waals surface area contributed by atoms with E-state index in [2.05, 4.69) is 10.4 Å². The number of sulfone groups is 1. The first-order chi connectivity index (χ1) is 12.4. The van der Waals surface area contributed by atoms with Gasteiger partial charge in [-0.25, -0.2) is 8.42 Å². The van der Waals surface area contributed by atoms with Crippen molar-refractivity contribution in [1.82, 2.24) is 0 Å². The largest absolute Gasteiger partial charge is 0.322 e. The van der Waals surface area contributed by atoms with E-state index in [0.29, 0.717) is 11.3 Å². The van der Waals surface area contributed by atoms with Crippen LogP contribution in [0, 0.1) is 0 Å². The van der Waals surface area contributed by atoms with Crippen molar-refractivity contribution in [3.05, 3.63) is 54.1 Å². The van der Waals surface area contributed by atoms with E-state index in [1.54, 1.807) is 31.2 Å². The molecule has 0 unspecified atom stereocenters. The summed E-state index contributed by atoms with van der Waals surface area (Å²) in [6, 6.07) is 13.4. The molecule has 0 fully saturated rings. The van der Waals surface area contributed by atoms with Crippen LogP contribution in [0.3, 0.4) is 0 Å². The van der Waals surface area contributed by atoms with Crippen LogP contribution in [0.5, 0.6) is 0 Å². The lowest BCUT2D eigenvalue weighted by atomic mass is 10.2. The molecule has 0 saturated heterocycles. The van der Waals surface area contributed by atoms with Crippen LogP contribution in [0.1, 0.15) is 30.6 Å². The standard InChI is InChI=1S/C19H21N3O3S/c1-3-26(24,25)18-10-6-16(7-11-18)20-19(23)15-4-8-17(9-5-15)22-13-12-14(2)21-22/h4-11H,3,12-13H2,1-2H3,(H,20,23). The number of carbonyl (C=O) groups is 1. The van der Waals surface area contributed by atoms with Gasteiger partial charge in [0, 0.05) is 29.9 Å². The number of hydrogen-bond donors (Lipinski definition) is 1. The molecule has 0 radical (unpaired) electrons. The highest BCUT2D eigenvalue weighted by molar-refractivity contribution is 7.91. The van der Waals surface area contributed by atoms with E-state index in [9.17, 15) is 13.2 Å². The zero-order valence-electron chi connectivity index (χ0n) is 14.8. The number of nitrogens with zero attached hydrogens (tertiary/aromatic N) is 2. The zero-order chi connectivity index (χ0) is 18.7. The lowest BCUT2D eigenvalue weighted by Crippen LogP contribution is -2.14. The van der Waals surface area contributed by atoms with Gasteiger partial charge in [0.05, 0.1) is 16.3 Å². The highest BCUT2D eigenvalue weighted by Crippen LogP contribution is 2.21. The average Bonchev–Trinajstić information content (AvgIpc) is 3.08. The first-order valence-electron chi connectivity index (χ1n) is 8.45. The van der Waals surface area contributed by atoms with E-state index in [-0.39, 0.29) is 16.6 Å². The second-order valence-corrected chi connectivity index (χ2v) is 8.42. The Morgan fingerprint density at radius 2 is 1.77 bits per heavy atom. The minimum atomic E-state index is -3.24. The molecular weight excluding hydrogens is 350 g/mol. The van der Waals surface area contributed by atoms with Gasteiger partial charge in [0.2, 0.25) is 0 Å². The lowest BCUT2D eigenvalue weighted by molar-refractivity contribution is 0.102. The summed E-state index contributed by atoms with van der Waals surface area (Å²) in [5.41, 5.74) is 3.13. The summed E-state index contributed by atoms with van der Waals surface area (Å²) in [6.45, 7) is 4.45. The van der Waals surface area contributed by atoms with Crippen molar-refractivity contribution < 1.29 is 13.2 Å². The van der Waals surface area contributed by atoms with Crippen molar-refractivity contribution in [2.45, 2.75) is 25.2 Å². The summed E-state index contributed by atoms with van der Waals surface area (Å²) in [5.74, 6) is -0.199. The number of amides is 1. The first-order valence-corrected chi connectivity index (χ1v) is 10.1. The van der Waals surface area contributed by atoms with Crippen molar-refractivity contribution >= 4 is 32.8 Å². The van der Waals surface area contributed by atoms with Crippen molar-refractivity contribution in [3.63, 3.8) is 0 Å². The van der Waals surface area contributed by atoms with Gasteiger partial charge in [-0.15, -0.1) is 0 Å². The number of anilines is 2. The van der Waals surface area contributed by atoms with Gasteiger partial charge in [0.25, 0.3) is 5.91 Å². The molecule has 26 heavy (non-hydrogen) atoms. The maximum atomic E-state index is 12.4. The normalized spacial score (nSPS) is 14.2. The molecule has 3 rings (SSSR count). The number of benzene rings is 2. The number of hydrogen-bond acceptors (Lipinski definition) is 5. The fraction of sp³-hybridized carbons (Fsp3) is 0.263. The molecule has 7 heteroatoms. The number of rotatable bonds is 5. The third-order valence-corrected chi connectivity index (χ3v) is 6.01. The van der Waals surface area contributed by atoms with E-state index < -0.39 is 9.84 Å². The predicted octanol–water partition coefficient (Wildman–Crippen LogP) is 3.32. The maximum Gasteiger partial charge on any atom is 0.255 e. The Hall–Kier alpha value is -2.67. The van der Waals surface area contributed by atoms with Gasteiger partial charge in [-0.2, -0.15) is 5.10 Å². The van der Waals surface area contributed by atoms with Crippen LogP contribution >= 0.6 is 0 Å². The van der Waals surface area contributed by atoms with Crippen molar-refractivity contribution in [2.24, 2.45) is 5.10 Å². The molecule has 6 nitrogen and oxygen atoms in total. The van der Waals surface area contributed by atoms with E-state index in [1.165, 1.54) is 12.1 Å². The maximum absolute atomic E-state index is 12.4. The van der Waals surface area contributed by atoms with Crippen LogP contribution in [0.25, 0.3) is 0 Å². The molecule has 1 aliphatic heterocycles. The molecule has 2 aromatic carbocycles. The molecule has 1 aliphatic rings. The highest BCUT2D eigenvalue weighted by atomic mass is 32.2.